The highest BCUT2D eigenvalue weighted by Gasteiger charge is 2.28. The fraction of sp³-hybridized carbons (Fsp3) is 0.714. The number of methoxy groups -OCH3 is 1. The summed E-state index contributed by atoms with van der Waals surface area (Å²) in [5.74, 6) is 4.19. The summed E-state index contributed by atoms with van der Waals surface area (Å²) < 4.78 is 6.20. The first-order valence-electron chi connectivity index (χ1n) is 7.19. The van der Waals surface area contributed by atoms with Gasteiger partial charge in [0, 0.05) is 30.4 Å². The Hall–Kier alpha value is 0.0200. The molecule has 4 nitrogen and oxygen atoms in total. The minimum Gasteiger partial charge on any atom is -0.378 e. The van der Waals surface area contributed by atoms with Crippen molar-refractivity contribution in [3.63, 3.8) is 0 Å². The molecule has 1 aliphatic rings. The summed E-state index contributed by atoms with van der Waals surface area (Å²) in [6.45, 7) is 5.82. The van der Waals surface area contributed by atoms with Crippen LogP contribution >= 0.6 is 39.5 Å². The van der Waals surface area contributed by atoms with E-state index in [0.717, 1.165) is 40.5 Å². The molecule has 7 heteroatoms. The van der Waals surface area contributed by atoms with Crippen LogP contribution < -0.4 is 5.32 Å². The smallest absolute Gasteiger partial charge is 0.145 e. The van der Waals surface area contributed by atoms with E-state index in [1.165, 1.54) is 5.75 Å². The zero-order valence-corrected chi connectivity index (χ0v) is 15.9. The molecule has 0 radical (unpaired) electrons. The van der Waals surface area contributed by atoms with Crippen LogP contribution in [-0.2, 0) is 11.3 Å². The van der Waals surface area contributed by atoms with Gasteiger partial charge >= 0.3 is 0 Å². The molecule has 0 aromatic carbocycles. The molecule has 0 amide bonds. The van der Waals surface area contributed by atoms with Crippen molar-refractivity contribution < 1.29 is 4.74 Å². The monoisotopic (exact) mass is 391 g/mol. The zero-order valence-electron chi connectivity index (χ0n) is 12.7. The van der Waals surface area contributed by atoms with Gasteiger partial charge in [-0.2, -0.15) is 11.8 Å². The number of ether oxygens (including phenoxy) is 1. The summed E-state index contributed by atoms with van der Waals surface area (Å²) >= 11 is 7.57. The number of nitrogens with zero attached hydrogens (tertiary/aromatic N) is 2. The highest BCUT2D eigenvalue weighted by atomic mass is 79.9. The second-order valence-electron chi connectivity index (χ2n) is 4.92. The van der Waals surface area contributed by atoms with E-state index in [1.807, 2.05) is 23.5 Å². The SMILES string of the molecule is CCCNc1nc(C2SCCSC2C)nc(COC)c1Br. The van der Waals surface area contributed by atoms with E-state index >= 15 is 0 Å². The van der Waals surface area contributed by atoms with Crippen molar-refractivity contribution >= 4 is 45.3 Å². The van der Waals surface area contributed by atoms with Crippen molar-refractivity contribution in [1.29, 1.82) is 0 Å². The van der Waals surface area contributed by atoms with Crippen molar-refractivity contribution in [3.05, 3.63) is 16.0 Å². The molecule has 1 saturated heterocycles. The lowest BCUT2D eigenvalue weighted by Gasteiger charge is -2.27. The Morgan fingerprint density at radius 3 is 2.76 bits per heavy atom. The van der Waals surface area contributed by atoms with Crippen LogP contribution in [0.4, 0.5) is 5.82 Å². The first-order valence-corrected chi connectivity index (χ1v) is 10.1. The number of hydrogen-bond acceptors (Lipinski definition) is 6. The molecule has 0 aliphatic carbocycles. The Balaban J connectivity index is 2.32. The first-order chi connectivity index (χ1) is 10.2. The van der Waals surface area contributed by atoms with Gasteiger partial charge in [-0.1, -0.05) is 13.8 Å². The molecule has 1 N–H and O–H groups in total. The van der Waals surface area contributed by atoms with E-state index in [-0.39, 0.29) is 0 Å². The van der Waals surface area contributed by atoms with Crippen LogP contribution in [0.2, 0.25) is 0 Å². The normalized spacial score (nSPS) is 22.3. The zero-order chi connectivity index (χ0) is 15.2. The van der Waals surface area contributed by atoms with Gasteiger partial charge in [-0.15, -0.1) is 11.8 Å². The fourth-order valence-electron chi connectivity index (χ4n) is 2.15. The third kappa shape index (κ3) is 4.50. The lowest BCUT2D eigenvalue weighted by atomic mass is 10.3. The molecule has 2 atom stereocenters. The number of halogens is 1. The van der Waals surface area contributed by atoms with Crippen molar-refractivity contribution in [2.45, 2.75) is 37.4 Å². The molecule has 1 aliphatic heterocycles. The number of hydrogen-bond donors (Lipinski definition) is 1. The molecular formula is C14H22BrN3OS2. The van der Waals surface area contributed by atoms with Gasteiger partial charge < -0.3 is 10.1 Å². The quantitative estimate of drug-likeness (QED) is 0.786. The van der Waals surface area contributed by atoms with E-state index in [4.69, 9.17) is 14.7 Å². The van der Waals surface area contributed by atoms with Crippen LogP contribution in [0.3, 0.4) is 0 Å². The van der Waals surface area contributed by atoms with Crippen LogP contribution in [0.5, 0.6) is 0 Å². The molecule has 0 bridgehead atoms. The summed E-state index contributed by atoms with van der Waals surface area (Å²) in [5.41, 5.74) is 0.921. The van der Waals surface area contributed by atoms with Gasteiger partial charge in [0.05, 0.1) is 22.0 Å². The maximum Gasteiger partial charge on any atom is 0.145 e. The average Bonchev–Trinajstić information content (AvgIpc) is 2.49. The maximum absolute atomic E-state index is 5.28. The van der Waals surface area contributed by atoms with Gasteiger partial charge in [0.2, 0.25) is 0 Å². The highest BCUT2D eigenvalue weighted by Crippen LogP contribution is 2.42. The van der Waals surface area contributed by atoms with Gasteiger partial charge in [0.25, 0.3) is 0 Å². The topological polar surface area (TPSA) is 47.0 Å². The van der Waals surface area contributed by atoms with Crippen LogP contribution in [0.25, 0.3) is 0 Å². The number of thioether (sulfide) groups is 2. The van der Waals surface area contributed by atoms with Crippen LogP contribution in [0, 0.1) is 0 Å². The van der Waals surface area contributed by atoms with Crippen molar-refractivity contribution in [1.82, 2.24) is 9.97 Å². The molecule has 1 aromatic rings. The van der Waals surface area contributed by atoms with Crippen LogP contribution in [0.1, 0.15) is 37.0 Å². The number of aromatic nitrogens is 2. The van der Waals surface area contributed by atoms with Gasteiger partial charge in [-0.05, 0) is 22.4 Å². The number of rotatable bonds is 6. The number of anilines is 1. The lowest BCUT2D eigenvalue weighted by molar-refractivity contribution is 0.180. The molecule has 118 valence electrons. The molecular weight excluding hydrogens is 370 g/mol. The van der Waals surface area contributed by atoms with Crippen LogP contribution in [-0.4, -0.2) is 40.4 Å². The Bertz CT molecular complexity index is 476. The average molecular weight is 392 g/mol. The Labute approximate surface area is 143 Å². The molecule has 0 saturated carbocycles. The lowest BCUT2D eigenvalue weighted by Crippen LogP contribution is -2.20. The molecule has 2 heterocycles. The third-order valence-corrected chi connectivity index (χ3v) is 7.12. The molecule has 0 spiro atoms. The first kappa shape index (κ1) is 17.4. The highest BCUT2D eigenvalue weighted by molar-refractivity contribution is 9.10. The summed E-state index contributed by atoms with van der Waals surface area (Å²) in [7, 11) is 1.70. The maximum atomic E-state index is 5.28. The molecule has 1 fully saturated rings. The van der Waals surface area contributed by atoms with Gasteiger partial charge in [0.15, 0.2) is 0 Å². The summed E-state index contributed by atoms with van der Waals surface area (Å²) in [6.07, 6.45) is 1.07. The van der Waals surface area contributed by atoms with Gasteiger partial charge in [-0.25, -0.2) is 9.97 Å². The molecule has 2 unspecified atom stereocenters. The largest absolute Gasteiger partial charge is 0.378 e. The van der Waals surface area contributed by atoms with Gasteiger partial charge in [0.1, 0.15) is 11.6 Å². The predicted octanol–water partition coefficient (Wildman–Crippen LogP) is 4.12. The summed E-state index contributed by atoms with van der Waals surface area (Å²) in [5, 5.41) is 4.28. The summed E-state index contributed by atoms with van der Waals surface area (Å²) in [4.78, 5) is 9.52. The second kappa shape index (κ2) is 8.60. The fourth-order valence-corrected chi connectivity index (χ4v) is 5.27. The van der Waals surface area contributed by atoms with E-state index in [9.17, 15) is 0 Å². The van der Waals surface area contributed by atoms with Crippen molar-refractivity contribution in [3.8, 4) is 0 Å². The van der Waals surface area contributed by atoms with E-state index in [0.29, 0.717) is 17.1 Å². The van der Waals surface area contributed by atoms with Crippen molar-refractivity contribution in [2.75, 3.05) is 30.5 Å². The van der Waals surface area contributed by atoms with Gasteiger partial charge in [-0.3, -0.25) is 0 Å². The van der Waals surface area contributed by atoms with E-state index in [1.54, 1.807) is 7.11 Å². The Kier molecular flexibility index (Phi) is 7.12. The number of nitrogens with one attached hydrogen (secondary N) is 1. The molecule has 2 rings (SSSR count). The minimum atomic E-state index is 0.356. The third-order valence-electron chi connectivity index (χ3n) is 3.20. The standard InChI is InChI=1S/C14H22BrN3OS2/c1-4-5-16-13-11(15)10(8-19-3)17-14(18-13)12-9(2)20-6-7-21-12/h9,12H,4-8H2,1-3H3,(H,16,17,18). The second-order valence-corrected chi connectivity index (χ2v) is 8.45. The molecule has 21 heavy (non-hydrogen) atoms. The Morgan fingerprint density at radius 1 is 1.33 bits per heavy atom. The summed E-state index contributed by atoms with van der Waals surface area (Å²) in [6, 6.07) is 0. The van der Waals surface area contributed by atoms with Crippen LogP contribution in [0.15, 0.2) is 4.47 Å². The van der Waals surface area contributed by atoms with E-state index < -0.39 is 0 Å². The molecule has 1 aromatic heterocycles. The van der Waals surface area contributed by atoms with E-state index in [2.05, 4.69) is 35.1 Å². The predicted molar refractivity (Wildman–Crippen MR) is 96.3 cm³/mol. The van der Waals surface area contributed by atoms with Crippen molar-refractivity contribution in [2.24, 2.45) is 0 Å². The Morgan fingerprint density at radius 2 is 2.10 bits per heavy atom. The minimum absolute atomic E-state index is 0.356.